The van der Waals surface area contributed by atoms with Crippen LogP contribution in [0.15, 0.2) is 29.2 Å². The summed E-state index contributed by atoms with van der Waals surface area (Å²) in [6.07, 6.45) is 5.59. The molecule has 3 heteroatoms. The maximum Gasteiger partial charge on any atom is 0.124 e. The second-order valence-electron chi connectivity index (χ2n) is 4.81. The summed E-state index contributed by atoms with van der Waals surface area (Å²) >= 11 is 0. The average Bonchev–Trinajstić information content (AvgIpc) is 2.38. The average molecular weight is 254 g/mol. The first-order chi connectivity index (χ1) is 8.20. The molecule has 0 bridgehead atoms. The van der Waals surface area contributed by atoms with Crippen LogP contribution in [-0.4, -0.2) is 9.46 Å². The molecule has 0 aliphatic heterocycles. The molecule has 1 nitrogen and oxygen atoms in total. The predicted molar refractivity (Wildman–Crippen MR) is 68.8 cm³/mol. The Kier molecular flexibility index (Phi) is 4.32. The van der Waals surface area contributed by atoms with E-state index in [4.69, 9.17) is 0 Å². The van der Waals surface area contributed by atoms with Crippen LogP contribution in [0.2, 0.25) is 0 Å². The van der Waals surface area contributed by atoms with Crippen LogP contribution in [-0.2, 0) is 10.8 Å². The minimum absolute atomic E-state index is 0.222. The third-order valence-electron chi connectivity index (χ3n) is 3.70. The molecular weight excluding hydrogens is 235 g/mol. The Balaban J connectivity index is 2.02. The van der Waals surface area contributed by atoms with Crippen molar-refractivity contribution in [2.24, 2.45) is 5.92 Å². The fraction of sp³-hybridized carbons (Fsp3) is 0.571. The second-order valence-corrected chi connectivity index (χ2v) is 6.54. The zero-order valence-corrected chi connectivity index (χ0v) is 11.0. The van der Waals surface area contributed by atoms with E-state index >= 15 is 0 Å². The van der Waals surface area contributed by atoms with Crippen molar-refractivity contribution in [3.05, 3.63) is 30.1 Å². The first kappa shape index (κ1) is 12.7. The summed E-state index contributed by atoms with van der Waals surface area (Å²) in [5.41, 5.74) is 0. The Morgan fingerprint density at radius 1 is 1.29 bits per heavy atom. The van der Waals surface area contributed by atoms with Gasteiger partial charge in [0.2, 0.25) is 0 Å². The van der Waals surface area contributed by atoms with Gasteiger partial charge in [-0.15, -0.1) is 0 Å². The molecule has 1 aliphatic rings. The number of rotatable bonds is 3. The van der Waals surface area contributed by atoms with E-state index in [-0.39, 0.29) is 11.1 Å². The zero-order valence-electron chi connectivity index (χ0n) is 10.2. The van der Waals surface area contributed by atoms with E-state index in [1.54, 1.807) is 12.1 Å². The minimum atomic E-state index is -1.04. The highest BCUT2D eigenvalue weighted by Gasteiger charge is 2.25. The predicted octanol–water partition coefficient (Wildman–Crippen LogP) is 3.90. The summed E-state index contributed by atoms with van der Waals surface area (Å²) in [5.74, 6) is 0.508. The van der Waals surface area contributed by atoms with Gasteiger partial charge in [-0.25, -0.2) is 4.39 Å². The zero-order chi connectivity index (χ0) is 12.3. The van der Waals surface area contributed by atoms with Gasteiger partial charge < -0.3 is 0 Å². The largest absolute Gasteiger partial charge is 0.254 e. The van der Waals surface area contributed by atoms with Crippen molar-refractivity contribution in [3.8, 4) is 0 Å². The van der Waals surface area contributed by atoms with Crippen molar-refractivity contribution in [3.63, 3.8) is 0 Å². The van der Waals surface area contributed by atoms with Crippen molar-refractivity contribution in [1.29, 1.82) is 0 Å². The molecule has 0 heterocycles. The minimum Gasteiger partial charge on any atom is -0.254 e. The number of benzene rings is 1. The Morgan fingerprint density at radius 3 is 2.59 bits per heavy atom. The highest BCUT2D eigenvalue weighted by Crippen LogP contribution is 2.31. The Morgan fingerprint density at radius 2 is 2.00 bits per heavy atom. The fourth-order valence-electron chi connectivity index (χ4n) is 2.54. The van der Waals surface area contributed by atoms with Crippen LogP contribution < -0.4 is 0 Å². The summed E-state index contributed by atoms with van der Waals surface area (Å²) in [7, 11) is -1.04. The lowest BCUT2D eigenvalue weighted by Crippen LogP contribution is -2.23. The van der Waals surface area contributed by atoms with Crippen LogP contribution in [0.5, 0.6) is 0 Å². The molecule has 0 radical (unpaired) electrons. The lowest BCUT2D eigenvalue weighted by molar-refractivity contribution is 0.353. The third kappa shape index (κ3) is 3.15. The lowest BCUT2D eigenvalue weighted by Gasteiger charge is -2.27. The molecule has 1 aromatic carbocycles. The van der Waals surface area contributed by atoms with Crippen LogP contribution in [0.25, 0.3) is 0 Å². The van der Waals surface area contributed by atoms with E-state index in [1.165, 1.54) is 31.4 Å². The van der Waals surface area contributed by atoms with Gasteiger partial charge in [0.05, 0.1) is 10.8 Å². The van der Waals surface area contributed by atoms with Gasteiger partial charge in [-0.05, 0) is 49.8 Å². The molecule has 1 aliphatic carbocycles. The van der Waals surface area contributed by atoms with Gasteiger partial charge in [-0.2, -0.15) is 0 Å². The molecule has 1 aromatic rings. The third-order valence-corrected chi connectivity index (χ3v) is 5.50. The quantitative estimate of drug-likeness (QED) is 0.799. The van der Waals surface area contributed by atoms with Gasteiger partial charge in [0, 0.05) is 10.1 Å². The van der Waals surface area contributed by atoms with E-state index in [2.05, 4.69) is 6.92 Å². The van der Waals surface area contributed by atoms with Gasteiger partial charge in [0.1, 0.15) is 5.82 Å². The summed E-state index contributed by atoms with van der Waals surface area (Å²) in [6, 6.07) is 6.21. The topological polar surface area (TPSA) is 17.1 Å². The first-order valence-corrected chi connectivity index (χ1v) is 7.58. The highest BCUT2D eigenvalue weighted by molar-refractivity contribution is 7.85. The van der Waals surface area contributed by atoms with Gasteiger partial charge in [-0.1, -0.05) is 19.4 Å². The summed E-state index contributed by atoms with van der Waals surface area (Å²) in [6.45, 7) is 2.22. The molecule has 94 valence electrons. The fourth-order valence-corrected chi connectivity index (χ4v) is 4.07. The molecule has 0 N–H and O–H groups in total. The maximum absolute atomic E-state index is 13.1. The maximum atomic E-state index is 13.1. The van der Waals surface area contributed by atoms with Gasteiger partial charge in [0.15, 0.2) is 0 Å². The van der Waals surface area contributed by atoms with Crippen molar-refractivity contribution in [1.82, 2.24) is 0 Å². The van der Waals surface area contributed by atoms with Crippen LogP contribution in [0.4, 0.5) is 4.39 Å². The molecule has 0 spiro atoms. The van der Waals surface area contributed by atoms with E-state index in [0.29, 0.717) is 4.90 Å². The molecule has 0 aromatic heterocycles. The Labute approximate surface area is 105 Å². The standard InChI is InChI=1S/C14H19FOS/c1-2-11-6-8-13(9-7-11)17(16)14-5-3-4-12(15)10-14/h3-5,10-11,13H,2,6-9H2,1H3. The van der Waals surface area contributed by atoms with Crippen LogP contribution in [0.3, 0.4) is 0 Å². The second kappa shape index (κ2) is 5.76. The molecule has 17 heavy (non-hydrogen) atoms. The monoisotopic (exact) mass is 254 g/mol. The van der Waals surface area contributed by atoms with Gasteiger partial charge in [0.25, 0.3) is 0 Å². The Hall–Kier alpha value is -0.700. The first-order valence-electron chi connectivity index (χ1n) is 6.37. The molecular formula is C14H19FOS. The lowest BCUT2D eigenvalue weighted by atomic mass is 9.87. The molecule has 1 fully saturated rings. The molecule has 0 saturated heterocycles. The van der Waals surface area contributed by atoms with Crippen molar-refractivity contribution in [2.75, 3.05) is 0 Å². The summed E-state index contributed by atoms with van der Waals surface area (Å²) in [4.78, 5) is 0.643. The van der Waals surface area contributed by atoms with Gasteiger partial charge >= 0.3 is 0 Å². The van der Waals surface area contributed by atoms with Crippen LogP contribution in [0, 0.1) is 11.7 Å². The molecule has 1 unspecified atom stereocenters. The Bertz CT molecular complexity index is 397. The normalized spacial score (nSPS) is 26.7. The van der Waals surface area contributed by atoms with Crippen LogP contribution in [0.1, 0.15) is 39.0 Å². The SMILES string of the molecule is CCC1CCC(S(=O)c2cccc(F)c2)CC1. The number of halogens is 1. The van der Waals surface area contributed by atoms with Crippen molar-refractivity contribution >= 4 is 10.8 Å². The molecule has 0 amide bonds. The smallest absolute Gasteiger partial charge is 0.124 e. The van der Waals surface area contributed by atoms with Crippen LogP contribution >= 0.6 is 0 Å². The highest BCUT2D eigenvalue weighted by atomic mass is 32.2. The van der Waals surface area contributed by atoms with E-state index in [0.717, 1.165) is 18.8 Å². The van der Waals surface area contributed by atoms with Gasteiger partial charge in [-0.3, -0.25) is 4.21 Å². The van der Waals surface area contributed by atoms with Crippen molar-refractivity contribution < 1.29 is 8.60 Å². The van der Waals surface area contributed by atoms with E-state index in [1.807, 2.05) is 0 Å². The summed E-state index contributed by atoms with van der Waals surface area (Å²) < 4.78 is 25.4. The number of hydrogen-bond donors (Lipinski definition) is 0. The molecule has 1 atom stereocenters. The number of hydrogen-bond acceptors (Lipinski definition) is 1. The summed E-state index contributed by atoms with van der Waals surface area (Å²) in [5, 5.41) is 0.222. The van der Waals surface area contributed by atoms with E-state index < -0.39 is 10.8 Å². The van der Waals surface area contributed by atoms with E-state index in [9.17, 15) is 8.60 Å². The molecule has 1 saturated carbocycles. The van der Waals surface area contributed by atoms with Crippen molar-refractivity contribution in [2.45, 2.75) is 49.2 Å². The molecule has 2 rings (SSSR count).